The number of rotatable bonds is 4. The molecule has 7 nitrogen and oxygen atoms in total. The summed E-state index contributed by atoms with van der Waals surface area (Å²) in [5, 5.41) is 13.9. The van der Waals surface area contributed by atoms with E-state index in [1.807, 2.05) is 6.92 Å². The van der Waals surface area contributed by atoms with Gasteiger partial charge in [-0.3, -0.25) is 10.1 Å². The van der Waals surface area contributed by atoms with Gasteiger partial charge in [0.1, 0.15) is 0 Å². The average molecular weight is 415 g/mol. The van der Waals surface area contributed by atoms with E-state index in [0.29, 0.717) is 6.42 Å². The third-order valence-corrected chi connectivity index (χ3v) is 5.64. The van der Waals surface area contributed by atoms with Crippen molar-refractivity contribution in [1.82, 2.24) is 10.0 Å². The first kappa shape index (κ1) is 19.3. The standard InChI is InChI=1S/C12H16BrN3O4S.ClH/c1-8-7-14-5-4-11(8)15-21(19,20)9-2-3-12(16(17)18)10(13)6-9;/h2-3,6,8,11,14-15H,4-5,7H2,1H3;1H. The van der Waals surface area contributed by atoms with Crippen LogP contribution in [0, 0.1) is 16.0 Å². The summed E-state index contributed by atoms with van der Waals surface area (Å²) in [6, 6.07) is 3.55. The molecule has 1 aromatic rings. The van der Waals surface area contributed by atoms with Crippen LogP contribution in [-0.2, 0) is 10.0 Å². The molecule has 22 heavy (non-hydrogen) atoms. The van der Waals surface area contributed by atoms with Crippen molar-refractivity contribution in [3.8, 4) is 0 Å². The van der Waals surface area contributed by atoms with Crippen molar-refractivity contribution >= 4 is 44.0 Å². The minimum absolute atomic E-state index is 0. The monoisotopic (exact) mass is 413 g/mol. The van der Waals surface area contributed by atoms with Gasteiger partial charge in [-0.15, -0.1) is 12.4 Å². The van der Waals surface area contributed by atoms with Gasteiger partial charge in [-0.05, 0) is 53.5 Å². The SMILES string of the molecule is CC1CNCCC1NS(=O)(=O)c1ccc([N+](=O)[O-])c(Br)c1.Cl. The number of halogens is 2. The van der Waals surface area contributed by atoms with Crippen molar-refractivity contribution in [1.29, 1.82) is 0 Å². The van der Waals surface area contributed by atoms with E-state index in [2.05, 4.69) is 26.0 Å². The molecule has 2 N–H and O–H groups in total. The van der Waals surface area contributed by atoms with Crippen LogP contribution in [-0.4, -0.2) is 32.5 Å². The Bertz CT molecular complexity index is 656. The van der Waals surface area contributed by atoms with Crippen molar-refractivity contribution in [3.63, 3.8) is 0 Å². The summed E-state index contributed by atoms with van der Waals surface area (Å²) >= 11 is 3.03. The minimum atomic E-state index is -3.69. The van der Waals surface area contributed by atoms with Gasteiger partial charge >= 0.3 is 0 Å². The molecular formula is C12H17BrClN3O4S. The van der Waals surface area contributed by atoms with E-state index in [4.69, 9.17) is 0 Å². The second kappa shape index (κ2) is 7.69. The number of sulfonamides is 1. The third kappa shape index (κ3) is 4.39. The lowest BCUT2D eigenvalue weighted by molar-refractivity contribution is -0.385. The first-order chi connectivity index (χ1) is 9.81. The van der Waals surface area contributed by atoms with Gasteiger partial charge in [0.25, 0.3) is 5.69 Å². The van der Waals surface area contributed by atoms with Gasteiger partial charge in [-0.2, -0.15) is 0 Å². The maximum absolute atomic E-state index is 12.4. The molecule has 0 spiro atoms. The Morgan fingerprint density at radius 1 is 1.45 bits per heavy atom. The molecule has 1 heterocycles. The van der Waals surface area contributed by atoms with Crippen molar-refractivity contribution in [2.24, 2.45) is 5.92 Å². The Balaban J connectivity index is 0.00000242. The molecule has 0 amide bonds. The Morgan fingerprint density at radius 2 is 2.14 bits per heavy atom. The lowest BCUT2D eigenvalue weighted by Crippen LogP contribution is -2.48. The molecule has 1 aromatic carbocycles. The maximum atomic E-state index is 12.4. The van der Waals surface area contributed by atoms with Crippen LogP contribution in [0.3, 0.4) is 0 Å². The van der Waals surface area contributed by atoms with Gasteiger partial charge in [0, 0.05) is 12.1 Å². The van der Waals surface area contributed by atoms with Gasteiger partial charge in [-0.1, -0.05) is 6.92 Å². The molecule has 0 bridgehead atoms. The first-order valence-corrected chi connectivity index (χ1v) is 8.76. The second-order valence-corrected chi connectivity index (χ2v) is 7.64. The highest BCUT2D eigenvalue weighted by molar-refractivity contribution is 9.10. The summed E-state index contributed by atoms with van der Waals surface area (Å²) in [5.74, 6) is 0.190. The highest BCUT2D eigenvalue weighted by atomic mass is 79.9. The summed E-state index contributed by atoms with van der Waals surface area (Å²) in [7, 11) is -3.69. The van der Waals surface area contributed by atoms with Crippen LogP contribution in [0.25, 0.3) is 0 Å². The van der Waals surface area contributed by atoms with E-state index in [9.17, 15) is 18.5 Å². The predicted octanol–water partition coefficient (Wildman–Crippen LogP) is 2.06. The number of hydrogen-bond donors (Lipinski definition) is 2. The van der Waals surface area contributed by atoms with Crippen molar-refractivity contribution in [2.75, 3.05) is 13.1 Å². The number of nitro benzene ring substituents is 1. The summed E-state index contributed by atoms with van der Waals surface area (Å²) in [4.78, 5) is 10.2. The molecule has 1 aliphatic heterocycles. The Hall–Kier alpha value is -0.740. The number of nitrogens with one attached hydrogen (secondary N) is 2. The van der Waals surface area contributed by atoms with Crippen molar-refractivity contribution < 1.29 is 13.3 Å². The number of nitro groups is 1. The molecule has 0 saturated carbocycles. The molecule has 2 rings (SSSR count). The molecule has 124 valence electrons. The van der Waals surface area contributed by atoms with Crippen LogP contribution in [0.4, 0.5) is 5.69 Å². The van der Waals surface area contributed by atoms with E-state index in [1.165, 1.54) is 18.2 Å². The second-order valence-electron chi connectivity index (χ2n) is 5.07. The zero-order valence-electron chi connectivity index (χ0n) is 11.8. The van der Waals surface area contributed by atoms with Crippen molar-refractivity contribution in [3.05, 3.63) is 32.8 Å². The third-order valence-electron chi connectivity index (χ3n) is 3.52. The van der Waals surface area contributed by atoms with E-state index < -0.39 is 14.9 Å². The van der Waals surface area contributed by atoms with E-state index in [0.717, 1.165) is 13.1 Å². The smallest absolute Gasteiger partial charge is 0.283 e. The number of piperidine rings is 1. The molecule has 10 heteroatoms. The van der Waals surface area contributed by atoms with Crippen LogP contribution in [0.5, 0.6) is 0 Å². The normalized spacial score (nSPS) is 21.9. The van der Waals surface area contributed by atoms with Gasteiger partial charge < -0.3 is 5.32 Å². The lowest BCUT2D eigenvalue weighted by Gasteiger charge is -2.29. The molecule has 2 atom stereocenters. The number of nitrogens with zero attached hydrogens (tertiary/aromatic N) is 1. The highest BCUT2D eigenvalue weighted by Gasteiger charge is 2.27. The van der Waals surface area contributed by atoms with Gasteiger partial charge in [-0.25, -0.2) is 13.1 Å². The minimum Gasteiger partial charge on any atom is -0.316 e. The van der Waals surface area contributed by atoms with Gasteiger partial charge in [0.05, 0.1) is 14.3 Å². The number of benzene rings is 1. The molecule has 0 aromatic heterocycles. The van der Waals surface area contributed by atoms with E-state index >= 15 is 0 Å². The van der Waals surface area contributed by atoms with Crippen LogP contribution in [0.1, 0.15) is 13.3 Å². The zero-order chi connectivity index (χ0) is 15.6. The molecule has 1 aliphatic rings. The molecule has 0 radical (unpaired) electrons. The fraction of sp³-hybridized carbons (Fsp3) is 0.500. The quantitative estimate of drug-likeness (QED) is 0.580. The summed E-state index contributed by atoms with van der Waals surface area (Å²) in [6.45, 7) is 3.50. The molecular weight excluding hydrogens is 398 g/mol. The van der Waals surface area contributed by atoms with E-state index in [-0.39, 0.29) is 39.4 Å². The topological polar surface area (TPSA) is 101 Å². The summed E-state index contributed by atoms with van der Waals surface area (Å²) in [6.07, 6.45) is 0.717. The Morgan fingerprint density at radius 3 is 2.68 bits per heavy atom. The fourth-order valence-electron chi connectivity index (χ4n) is 2.26. The largest absolute Gasteiger partial charge is 0.316 e. The number of hydrogen-bond acceptors (Lipinski definition) is 5. The van der Waals surface area contributed by atoms with Crippen LogP contribution >= 0.6 is 28.3 Å². The average Bonchev–Trinajstić information content (AvgIpc) is 2.40. The molecule has 1 fully saturated rings. The molecule has 0 aliphatic carbocycles. The summed E-state index contributed by atoms with van der Waals surface area (Å²) in [5.41, 5.74) is -0.163. The van der Waals surface area contributed by atoms with Crippen LogP contribution < -0.4 is 10.0 Å². The summed E-state index contributed by atoms with van der Waals surface area (Å²) < 4.78 is 27.5. The first-order valence-electron chi connectivity index (χ1n) is 6.48. The highest BCUT2D eigenvalue weighted by Crippen LogP contribution is 2.27. The zero-order valence-corrected chi connectivity index (χ0v) is 15.0. The lowest BCUT2D eigenvalue weighted by atomic mass is 9.97. The van der Waals surface area contributed by atoms with Gasteiger partial charge in [0.2, 0.25) is 10.0 Å². The van der Waals surface area contributed by atoms with E-state index in [1.54, 1.807) is 0 Å². The van der Waals surface area contributed by atoms with Crippen LogP contribution in [0.2, 0.25) is 0 Å². The molecule has 2 unspecified atom stereocenters. The predicted molar refractivity (Wildman–Crippen MR) is 88.8 cm³/mol. The maximum Gasteiger partial charge on any atom is 0.283 e. The van der Waals surface area contributed by atoms with Gasteiger partial charge in [0.15, 0.2) is 0 Å². The van der Waals surface area contributed by atoms with Crippen molar-refractivity contribution in [2.45, 2.75) is 24.3 Å². The molecule has 1 saturated heterocycles. The Kier molecular flexibility index (Phi) is 6.75. The Labute approximate surface area is 143 Å². The van der Waals surface area contributed by atoms with Crippen LogP contribution in [0.15, 0.2) is 27.6 Å². The fourth-order valence-corrected chi connectivity index (χ4v) is 4.34.